The molecule has 0 aliphatic carbocycles. The van der Waals surface area contributed by atoms with E-state index in [0.717, 1.165) is 28.8 Å². The van der Waals surface area contributed by atoms with Gasteiger partial charge in [0.25, 0.3) is 5.91 Å². The summed E-state index contributed by atoms with van der Waals surface area (Å²) in [6, 6.07) is 20.0. The largest absolute Gasteiger partial charge is 0.452 e. The number of aromatic nitrogens is 1. The van der Waals surface area contributed by atoms with Gasteiger partial charge >= 0.3 is 5.97 Å². The fraction of sp³-hybridized carbons (Fsp3) is 0.172. The van der Waals surface area contributed by atoms with E-state index in [1.54, 1.807) is 41.4 Å². The summed E-state index contributed by atoms with van der Waals surface area (Å²) in [4.78, 5) is 43.1. The Balaban J connectivity index is 1.24. The maximum absolute atomic E-state index is 12.9. The van der Waals surface area contributed by atoms with E-state index in [4.69, 9.17) is 9.15 Å². The van der Waals surface area contributed by atoms with Crippen molar-refractivity contribution in [1.82, 2.24) is 4.98 Å². The SMILES string of the molecule is CC(=O)N1CCc2cc(NC(=O)COC(=O)c3ccccc3-c3ncc(-c4ccc(C)cc4)o3)ccc21. The molecule has 3 aromatic carbocycles. The van der Waals surface area contributed by atoms with E-state index in [-0.39, 0.29) is 17.4 Å². The van der Waals surface area contributed by atoms with E-state index in [1.165, 1.54) is 6.92 Å². The highest BCUT2D eigenvalue weighted by Gasteiger charge is 2.23. The van der Waals surface area contributed by atoms with E-state index in [0.29, 0.717) is 23.6 Å². The summed E-state index contributed by atoms with van der Waals surface area (Å²) in [5.41, 5.74) is 5.14. The van der Waals surface area contributed by atoms with Gasteiger partial charge in [0, 0.05) is 30.4 Å². The summed E-state index contributed by atoms with van der Waals surface area (Å²) in [7, 11) is 0. The number of anilines is 2. The lowest BCUT2D eigenvalue weighted by molar-refractivity contribution is -0.119. The number of carbonyl (C=O) groups is 3. The number of aryl methyl sites for hydroxylation is 1. The number of nitrogens with one attached hydrogen (secondary N) is 1. The second-order valence-corrected chi connectivity index (χ2v) is 8.83. The molecule has 8 nitrogen and oxygen atoms in total. The van der Waals surface area contributed by atoms with Crippen LogP contribution >= 0.6 is 0 Å². The van der Waals surface area contributed by atoms with Crippen LogP contribution < -0.4 is 10.2 Å². The first kappa shape index (κ1) is 24.0. The standard InChI is InChI=1S/C29H25N3O5/c1-18-7-9-20(10-8-18)26-16-30-28(37-26)23-5-3-4-6-24(23)29(35)36-17-27(34)31-22-11-12-25-21(15-22)13-14-32(25)19(2)33/h3-12,15-16H,13-14,17H2,1-2H3,(H,31,34). The average Bonchev–Trinajstić information content (AvgIpc) is 3.55. The molecule has 8 heteroatoms. The Morgan fingerprint density at radius 3 is 2.62 bits per heavy atom. The first-order valence-electron chi connectivity index (χ1n) is 11.9. The molecule has 0 bridgehead atoms. The van der Waals surface area contributed by atoms with Crippen molar-refractivity contribution in [2.75, 3.05) is 23.4 Å². The number of amides is 2. The van der Waals surface area contributed by atoms with Gasteiger partial charge in [0.2, 0.25) is 11.8 Å². The minimum Gasteiger partial charge on any atom is -0.452 e. The minimum absolute atomic E-state index is 0.0150. The van der Waals surface area contributed by atoms with Gasteiger partial charge in [0.15, 0.2) is 12.4 Å². The molecule has 1 aliphatic rings. The van der Waals surface area contributed by atoms with Gasteiger partial charge in [-0.2, -0.15) is 0 Å². The lowest BCUT2D eigenvalue weighted by Gasteiger charge is -2.15. The predicted molar refractivity (Wildman–Crippen MR) is 139 cm³/mol. The van der Waals surface area contributed by atoms with Crippen LogP contribution in [0.15, 0.2) is 77.3 Å². The highest BCUT2D eigenvalue weighted by atomic mass is 16.5. The number of fused-ring (bicyclic) bond motifs is 1. The van der Waals surface area contributed by atoms with Gasteiger partial charge < -0.3 is 19.4 Å². The lowest BCUT2D eigenvalue weighted by Crippen LogP contribution is -2.25. The smallest absolute Gasteiger partial charge is 0.339 e. The first-order valence-corrected chi connectivity index (χ1v) is 11.9. The highest BCUT2D eigenvalue weighted by molar-refractivity contribution is 5.99. The third-order valence-electron chi connectivity index (χ3n) is 6.19. The van der Waals surface area contributed by atoms with Gasteiger partial charge in [0.05, 0.1) is 17.3 Å². The molecule has 186 valence electrons. The number of benzene rings is 3. The van der Waals surface area contributed by atoms with Crippen molar-refractivity contribution >= 4 is 29.2 Å². The molecule has 2 amide bonds. The zero-order chi connectivity index (χ0) is 25.9. The molecule has 0 spiro atoms. The summed E-state index contributed by atoms with van der Waals surface area (Å²) in [5, 5.41) is 2.74. The summed E-state index contributed by atoms with van der Waals surface area (Å²) < 4.78 is 11.2. The number of carbonyl (C=O) groups excluding carboxylic acids is 3. The van der Waals surface area contributed by atoms with Gasteiger partial charge in [-0.3, -0.25) is 9.59 Å². The Bertz CT molecular complexity index is 1490. The van der Waals surface area contributed by atoms with Crippen LogP contribution in [0, 0.1) is 6.92 Å². The van der Waals surface area contributed by atoms with Crippen molar-refractivity contribution in [3.63, 3.8) is 0 Å². The van der Waals surface area contributed by atoms with Crippen LogP contribution in [0.2, 0.25) is 0 Å². The molecule has 1 aromatic heterocycles. The van der Waals surface area contributed by atoms with Crippen LogP contribution in [0.1, 0.15) is 28.4 Å². The summed E-state index contributed by atoms with van der Waals surface area (Å²) >= 11 is 0. The monoisotopic (exact) mass is 495 g/mol. The zero-order valence-corrected chi connectivity index (χ0v) is 20.5. The second-order valence-electron chi connectivity index (χ2n) is 8.83. The van der Waals surface area contributed by atoms with E-state index in [2.05, 4.69) is 10.3 Å². The van der Waals surface area contributed by atoms with Crippen molar-refractivity contribution < 1.29 is 23.5 Å². The molecule has 1 N–H and O–H groups in total. The molecule has 0 radical (unpaired) electrons. The van der Waals surface area contributed by atoms with E-state index >= 15 is 0 Å². The summed E-state index contributed by atoms with van der Waals surface area (Å²) in [6.07, 6.45) is 2.33. The van der Waals surface area contributed by atoms with Crippen LogP contribution in [-0.4, -0.2) is 35.9 Å². The number of esters is 1. The second kappa shape index (κ2) is 10.1. The van der Waals surface area contributed by atoms with Crippen molar-refractivity contribution in [1.29, 1.82) is 0 Å². The van der Waals surface area contributed by atoms with E-state index in [9.17, 15) is 14.4 Å². The molecule has 2 heterocycles. The molecular weight excluding hydrogens is 470 g/mol. The molecule has 5 rings (SSSR count). The number of hydrogen-bond acceptors (Lipinski definition) is 6. The normalized spacial score (nSPS) is 12.2. The molecule has 0 unspecified atom stereocenters. The van der Waals surface area contributed by atoms with Gasteiger partial charge in [-0.15, -0.1) is 0 Å². The van der Waals surface area contributed by atoms with Gasteiger partial charge in [-0.1, -0.05) is 42.0 Å². The molecule has 0 atom stereocenters. The van der Waals surface area contributed by atoms with Crippen LogP contribution in [0.25, 0.3) is 22.8 Å². The van der Waals surface area contributed by atoms with Gasteiger partial charge in [-0.05, 0) is 49.2 Å². The quantitative estimate of drug-likeness (QED) is 0.377. The zero-order valence-electron chi connectivity index (χ0n) is 20.5. The molecule has 0 saturated heterocycles. The molecule has 4 aromatic rings. The number of ether oxygens (including phenoxy) is 1. The predicted octanol–water partition coefficient (Wildman–Crippen LogP) is 5.02. The molecule has 37 heavy (non-hydrogen) atoms. The molecule has 0 fully saturated rings. The van der Waals surface area contributed by atoms with Gasteiger partial charge in [0.1, 0.15) is 0 Å². The number of oxazole rings is 1. The third kappa shape index (κ3) is 5.13. The van der Waals surface area contributed by atoms with E-state index < -0.39 is 18.5 Å². The Kier molecular flexibility index (Phi) is 6.55. The molecule has 1 aliphatic heterocycles. The molecule has 0 saturated carbocycles. The Hall–Kier alpha value is -4.72. The Morgan fingerprint density at radius 1 is 1.05 bits per heavy atom. The van der Waals surface area contributed by atoms with Crippen molar-refractivity contribution in [2.45, 2.75) is 20.3 Å². The summed E-state index contributed by atoms with van der Waals surface area (Å²) in [6.45, 7) is 3.70. The first-order chi connectivity index (χ1) is 17.9. The van der Waals surface area contributed by atoms with Gasteiger partial charge in [-0.25, -0.2) is 9.78 Å². The van der Waals surface area contributed by atoms with Crippen molar-refractivity contribution in [3.8, 4) is 22.8 Å². The van der Waals surface area contributed by atoms with Crippen LogP contribution in [0.5, 0.6) is 0 Å². The highest BCUT2D eigenvalue weighted by Crippen LogP contribution is 2.31. The fourth-order valence-corrected chi connectivity index (χ4v) is 4.31. The number of rotatable bonds is 6. The van der Waals surface area contributed by atoms with Crippen LogP contribution in [0.3, 0.4) is 0 Å². The molecular formula is C29H25N3O5. The van der Waals surface area contributed by atoms with E-state index in [1.807, 2.05) is 43.3 Å². The van der Waals surface area contributed by atoms with Crippen molar-refractivity contribution in [2.24, 2.45) is 0 Å². The number of nitrogens with zero attached hydrogens (tertiary/aromatic N) is 2. The lowest BCUT2D eigenvalue weighted by atomic mass is 10.1. The van der Waals surface area contributed by atoms with Crippen LogP contribution in [0.4, 0.5) is 11.4 Å². The number of hydrogen-bond donors (Lipinski definition) is 1. The summed E-state index contributed by atoms with van der Waals surface area (Å²) in [5.74, 6) is -0.278. The maximum atomic E-state index is 12.9. The third-order valence-corrected chi connectivity index (χ3v) is 6.19. The Labute approximate surface area is 213 Å². The topological polar surface area (TPSA) is 102 Å². The fourth-order valence-electron chi connectivity index (χ4n) is 4.31. The average molecular weight is 496 g/mol. The van der Waals surface area contributed by atoms with Crippen LogP contribution in [-0.2, 0) is 20.7 Å². The Morgan fingerprint density at radius 2 is 1.84 bits per heavy atom. The maximum Gasteiger partial charge on any atom is 0.339 e. The van der Waals surface area contributed by atoms with Crippen molar-refractivity contribution in [3.05, 3.63) is 89.6 Å². The minimum atomic E-state index is -0.660.